The molecule has 0 unspecified atom stereocenters. The molecule has 6 heteroatoms. The Morgan fingerprint density at radius 3 is 3.00 bits per heavy atom. The lowest BCUT2D eigenvalue weighted by Gasteiger charge is -2.09. The Labute approximate surface area is 118 Å². The molecule has 1 aliphatic rings. The van der Waals surface area contributed by atoms with Crippen LogP contribution in [-0.2, 0) is 19.5 Å². The Morgan fingerprint density at radius 2 is 2.21 bits per heavy atom. The molecule has 0 bridgehead atoms. The predicted molar refractivity (Wildman–Crippen MR) is 72.6 cm³/mol. The summed E-state index contributed by atoms with van der Waals surface area (Å²) in [5.74, 6) is 0.512. The zero-order chi connectivity index (χ0) is 13.4. The van der Waals surface area contributed by atoms with E-state index >= 15 is 0 Å². The van der Waals surface area contributed by atoms with Crippen LogP contribution in [0.4, 0.5) is 4.39 Å². The SMILES string of the molecule is O=c1n(Cc2cccc(F)c2Br)nc2n1CCCC2. The third-order valence-electron chi connectivity index (χ3n) is 3.38. The van der Waals surface area contributed by atoms with Crippen LogP contribution in [0.25, 0.3) is 0 Å². The molecule has 0 spiro atoms. The van der Waals surface area contributed by atoms with E-state index in [0.717, 1.165) is 37.2 Å². The molecule has 0 aliphatic carbocycles. The summed E-state index contributed by atoms with van der Waals surface area (Å²) in [6.45, 7) is 1.02. The van der Waals surface area contributed by atoms with Gasteiger partial charge >= 0.3 is 5.69 Å². The van der Waals surface area contributed by atoms with Crippen LogP contribution in [0, 0.1) is 5.82 Å². The second kappa shape index (κ2) is 4.92. The van der Waals surface area contributed by atoms with Gasteiger partial charge in [0.1, 0.15) is 11.6 Å². The molecule has 19 heavy (non-hydrogen) atoms. The van der Waals surface area contributed by atoms with Gasteiger partial charge in [-0.25, -0.2) is 13.9 Å². The fourth-order valence-corrected chi connectivity index (χ4v) is 2.77. The van der Waals surface area contributed by atoms with Crippen molar-refractivity contribution in [1.29, 1.82) is 0 Å². The quantitative estimate of drug-likeness (QED) is 0.850. The molecule has 1 aliphatic heterocycles. The lowest BCUT2D eigenvalue weighted by atomic mass is 10.2. The maximum Gasteiger partial charge on any atom is 0.346 e. The molecule has 0 radical (unpaired) electrons. The molecule has 4 nitrogen and oxygen atoms in total. The van der Waals surface area contributed by atoms with Crippen LogP contribution in [0.15, 0.2) is 27.5 Å². The van der Waals surface area contributed by atoms with Crippen LogP contribution in [0.2, 0.25) is 0 Å². The lowest BCUT2D eigenvalue weighted by Crippen LogP contribution is -2.27. The van der Waals surface area contributed by atoms with Gasteiger partial charge in [-0.05, 0) is 40.4 Å². The van der Waals surface area contributed by atoms with Gasteiger partial charge in [0.15, 0.2) is 0 Å². The van der Waals surface area contributed by atoms with Crippen molar-refractivity contribution in [1.82, 2.24) is 14.3 Å². The lowest BCUT2D eigenvalue weighted by molar-refractivity contribution is 0.511. The Hall–Kier alpha value is -1.43. The van der Waals surface area contributed by atoms with Crippen molar-refractivity contribution in [3.63, 3.8) is 0 Å². The van der Waals surface area contributed by atoms with E-state index in [0.29, 0.717) is 4.47 Å². The highest BCUT2D eigenvalue weighted by atomic mass is 79.9. The molecule has 0 fully saturated rings. The van der Waals surface area contributed by atoms with E-state index in [2.05, 4.69) is 21.0 Å². The van der Waals surface area contributed by atoms with Crippen LogP contribution >= 0.6 is 15.9 Å². The van der Waals surface area contributed by atoms with Gasteiger partial charge < -0.3 is 0 Å². The van der Waals surface area contributed by atoms with Crippen LogP contribution in [-0.4, -0.2) is 14.3 Å². The normalized spacial score (nSPS) is 14.4. The number of fused-ring (bicyclic) bond motifs is 1. The highest BCUT2D eigenvalue weighted by molar-refractivity contribution is 9.10. The molecule has 2 aromatic rings. The van der Waals surface area contributed by atoms with Gasteiger partial charge in [0.2, 0.25) is 0 Å². The van der Waals surface area contributed by atoms with Gasteiger partial charge in [0, 0.05) is 13.0 Å². The summed E-state index contributed by atoms with van der Waals surface area (Å²) in [6.07, 6.45) is 2.93. The number of aryl methyl sites for hydroxylation is 1. The summed E-state index contributed by atoms with van der Waals surface area (Å²) in [6, 6.07) is 4.81. The van der Waals surface area contributed by atoms with Crippen molar-refractivity contribution >= 4 is 15.9 Å². The van der Waals surface area contributed by atoms with Crippen molar-refractivity contribution in [2.75, 3.05) is 0 Å². The molecular formula is C13H13BrFN3O. The van der Waals surface area contributed by atoms with Gasteiger partial charge in [-0.1, -0.05) is 12.1 Å². The molecule has 0 saturated carbocycles. The zero-order valence-electron chi connectivity index (χ0n) is 10.3. The molecule has 0 amide bonds. The summed E-state index contributed by atoms with van der Waals surface area (Å²) >= 11 is 3.21. The van der Waals surface area contributed by atoms with E-state index in [1.165, 1.54) is 10.7 Å². The highest BCUT2D eigenvalue weighted by Gasteiger charge is 2.17. The average molecular weight is 326 g/mol. The Kier molecular flexibility index (Phi) is 3.26. The second-order valence-electron chi connectivity index (χ2n) is 4.68. The fraction of sp³-hybridized carbons (Fsp3) is 0.385. The average Bonchev–Trinajstić information content (AvgIpc) is 2.73. The Bertz CT molecular complexity index is 677. The molecule has 1 aromatic carbocycles. The topological polar surface area (TPSA) is 39.8 Å². The minimum absolute atomic E-state index is 0.106. The van der Waals surface area contributed by atoms with Gasteiger partial charge in [-0.15, -0.1) is 0 Å². The van der Waals surface area contributed by atoms with E-state index in [1.54, 1.807) is 16.7 Å². The van der Waals surface area contributed by atoms with Crippen molar-refractivity contribution in [3.05, 3.63) is 50.4 Å². The number of hydrogen-bond acceptors (Lipinski definition) is 2. The van der Waals surface area contributed by atoms with Gasteiger partial charge in [0.05, 0.1) is 11.0 Å². The number of halogens is 2. The van der Waals surface area contributed by atoms with Crippen molar-refractivity contribution in [2.45, 2.75) is 32.4 Å². The van der Waals surface area contributed by atoms with E-state index in [1.807, 2.05) is 0 Å². The molecule has 0 atom stereocenters. The van der Waals surface area contributed by atoms with Gasteiger partial charge in [-0.3, -0.25) is 4.57 Å². The highest BCUT2D eigenvalue weighted by Crippen LogP contribution is 2.21. The van der Waals surface area contributed by atoms with E-state index in [-0.39, 0.29) is 18.1 Å². The molecule has 3 rings (SSSR count). The maximum absolute atomic E-state index is 13.4. The molecule has 0 saturated heterocycles. The number of aromatic nitrogens is 3. The largest absolute Gasteiger partial charge is 0.346 e. The van der Waals surface area contributed by atoms with Crippen molar-refractivity contribution < 1.29 is 4.39 Å². The first kappa shape index (κ1) is 12.6. The Balaban J connectivity index is 1.98. The van der Waals surface area contributed by atoms with E-state index in [4.69, 9.17) is 0 Å². The van der Waals surface area contributed by atoms with Crippen LogP contribution in [0.1, 0.15) is 24.2 Å². The fourth-order valence-electron chi connectivity index (χ4n) is 2.38. The first-order chi connectivity index (χ1) is 9.16. The molecule has 1 aromatic heterocycles. The summed E-state index contributed by atoms with van der Waals surface area (Å²) in [7, 11) is 0. The summed E-state index contributed by atoms with van der Waals surface area (Å²) < 4.78 is 17.0. The minimum Gasteiger partial charge on any atom is -0.279 e. The van der Waals surface area contributed by atoms with Crippen molar-refractivity contribution in [3.8, 4) is 0 Å². The van der Waals surface area contributed by atoms with Crippen LogP contribution in [0.3, 0.4) is 0 Å². The van der Waals surface area contributed by atoms with Gasteiger partial charge in [-0.2, -0.15) is 5.10 Å². The third kappa shape index (κ3) is 2.25. The molecule has 2 heterocycles. The first-order valence-electron chi connectivity index (χ1n) is 6.26. The number of hydrogen-bond donors (Lipinski definition) is 0. The predicted octanol–water partition coefficient (Wildman–Crippen LogP) is 2.33. The molecule has 0 N–H and O–H groups in total. The van der Waals surface area contributed by atoms with Gasteiger partial charge in [0.25, 0.3) is 0 Å². The standard InChI is InChI=1S/C13H13BrFN3O/c14-12-9(4-3-5-10(12)15)8-18-13(19)17-7-2-1-6-11(17)16-18/h3-5H,1-2,6-8H2. The molecule has 100 valence electrons. The number of rotatable bonds is 2. The Morgan fingerprint density at radius 1 is 1.37 bits per heavy atom. The first-order valence-corrected chi connectivity index (χ1v) is 7.05. The zero-order valence-corrected chi connectivity index (χ0v) is 11.9. The summed E-state index contributed by atoms with van der Waals surface area (Å²) in [5.41, 5.74) is 0.614. The van der Waals surface area contributed by atoms with Crippen LogP contribution in [0.5, 0.6) is 0 Å². The number of benzene rings is 1. The van der Waals surface area contributed by atoms with E-state index in [9.17, 15) is 9.18 Å². The minimum atomic E-state index is -0.325. The third-order valence-corrected chi connectivity index (χ3v) is 4.27. The smallest absolute Gasteiger partial charge is 0.279 e. The second-order valence-corrected chi connectivity index (χ2v) is 5.47. The monoisotopic (exact) mass is 325 g/mol. The summed E-state index contributed by atoms with van der Waals surface area (Å²) in [5, 5.41) is 4.34. The van der Waals surface area contributed by atoms with E-state index < -0.39 is 0 Å². The molecular weight excluding hydrogens is 313 g/mol. The summed E-state index contributed by atoms with van der Waals surface area (Å²) in [4.78, 5) is 12.2. The number of nitrogens with zero attached hydrogens (tertiary/aromatic N) is 3. The van der Waals surface area contributed by atoms with Crippen molar-refractivity contribution in [2.24, 2.45) is 0 Å². The van der Waals surface area contributed by atoms with Crippen LogP contribution < -0.4 is 5.69 Å². The maximum atomic E-state index is 13.4.